The number of nitriles is 1. The van der Waals surface area contributed by atoms with Crippen molar-refractivity contribution in [3.05, 3.63) is 59.7 Å². The second kappa shape index (κ2) is 5.27. The van der Waals surface area contributed by atoms with E-state index in [4.69, 9.17) is 5.26 Å². The molecule has 0 bridgehead atoms. The molecule has 0 aliphatic carbocycles. The third-order valence-electron chi connectivity index (χ3n) is 2.47. The minimum absolute atomic E-state index is 0.216. The van der Waals surface area contributed by atoms with Gasteiger partial charge in [0.15, 0.2) is 11.6 Å². The predicted molar refractivity (Wildman–Crippen MR) is 68.3 cm³/mol. The number of hydrogen-bond donors (Lipinski definition) is 1. The van der Waals surface area contributed by atoms with E-state index in [0.29, 0.717) is 11.6 Å². The molecule has 0 heterocycles. The van der Waals surface area contributed by atoms with Gasteiger partial charge in [-0.2, -0.15) is 5.26 Å². The van der Waals surface area contributed by atoms with Gasteiger partial charge in [-0.3, -0.25) is 4.72 Å². The summed E-state index contributed by atoms with van der Waals surface area (Å²) < 4.78 is 51.9. The first kappa shape index (κ1) is 14.0. The fraction of sp³-hybridized carbons (Fsp3) is 0. The first-order chi connectivity index (χ1) is 9.42. The number of sulfonamides is 1. The zero-order valence-electron chi connectivity index (χ0n) is 9.97. The molecule has 0 saturated heterocycles. The number of rotatable bonds is 3. The molecule has 0 unspecified atom stereocenters. The van der Waals surface area contributed by atoms with Gasteiger partial charge in [0.1, 0.15) is 0 Å². The van der Waals surface area contributed by atoms with Crippen molar-refractivity contribution in [1.82, 2.24) is 0 Å². The monoisotopic (exact) mass is 294 g/mol. The zero-order valence-corrected chi connectivity index (χ0v) is 10.8. The van der Waals surface area contributed by atoms with Crippen molar-refractivity contribution in [1.29, 1.82) is 5.26 Å². The molecule has 4 nitrogen and oxygen atoms in total. The summed E-state index contributed by atoms with van der Waals surface area (Å²) in [4.78, 5) is -0.388. The van der Waals surface area contributed by atoms with Crippen LogP contribution in [-0.2, 0) is 10.0 Å². The Hall–Kier alpha value is -2.46. The van der Waals surface area contributed by atoms with Crippen LogP contribution >= 0.6 is 0 Å². The molecule has 0 aromatic heterocycles. The summed E-state index contributed by atoms with van der Waals surface area (Å²) in [5, 5.41) is 8.63. The van der Waals surface area contributed by atoms with Crippen LogP contribution in [0.25, 0.3) is 0 Å². The second-order valence-electron chi connectivity index (χ2n) is 3.87. The van der Waals surface area contributed by atoms with Gasteiger partial charge >= 0.3 is 0 Å². The highest BCUT2D eigenvalue weighted by Gasteiger charge is 2.16. The van der Waals surface area contributed by atoms with Crippen molar-refractivity contribution in [3.63, 3.8) is 0 Å². The van der Waals surface area contributed by atoms with E-state index in [9.17, 15) is 17.2 Å². The first-order valence-electron chi connectivity index (χ1n) is 5.40. The van der Waals surface area contributed by atoms with Gasteiger partial charge in [-0.05, 0) is 42.5 Å². The SMILES string of the molecule is N#Cc1ccc(NS(=O)(=O)c2ccc(F)c(F)c2)cc1. The molecule has 7 heteroatoms. The molecule has 0 aliphatic rings. The summed E-state index contributed by atoms with van der Waals surface area (Å²) >= 11 is 0. The number of nitrogens with zero attached hydrogens (tertiary/aromatic N) is 1. The van der Waals surface area contributed by atoms with E-state index in [1.165, 1.54) is 24.3 Å². The van der Waals surface area contributed by atoms with Gasteiger partial charge in [-0.15, -0.1) is 0 Å². The first-order valence-corrected chi connectivity index (χ1v) is 6.89. The summed E-state index contributed by atoms with van der Waals surface area (Å²) in [5.41, 5.74) is 0.592. The lowest BCUT2D eigenvalue weighted by atomic mass is 10.2. The summed E-state index contributed by atoms with van der Waals surface area (Å²) in [6.45, 7) is 0. The van der Waals surface area contributed by atoms with Gasteiger partial charge in [0, 0.05) is 5.69 Å². The lowest BCUT2D eigenvalue weighted by Crippen LogP contribution is -2.13. The average molecular weight is 294 g/mol. The summed E-state index contributed by atoms with van der Waals surface area (Å²) in [7, 11) is -4.01. The van der Waals surface area contributed by atoms with Crippen LogP contribution in [0.2, 0.25) is 0 Å². The van der Waals surface area contributed by atoms with Crippen molar-refractivity contribution in [2.24, 2.45) is 0 Å². The van der Waals surface area contributed by atoms with Gasteiger partial charge in [-0.25, -0.2) is 17.2 Å². The molecular formula is C13H8F2N2O2S. The molecule has 0 amide bonds. The van der Waals surface area contributed by atoms with Gasteiger partial charge in [0.2, 0.25) is 0 Å². The lowest BCUT2D eigenvalue weighted by molar-refractivity contribution is 0.504. The third-order valence-corrected chi connectivity index (χ3v) is 3.85. The van der Waals surface area contributed by atoms with Gasteiger partial charge in [0.25, 0.3) is 10.0 Å². The number of hydrogen-bond acceptors (Lipinski definition) is 3. The maximum atomic E-state index is 13.0. The van der Waals surface area contributed by atoms with Crippen molar-refractivity contribution in [2.75, 3.05) is 4.72 Å². The maximum absolute atomic E-state index is 13.0. The number of anilines is 1. The highest BCUT2D eigenvalue weighted by molar-refractivity contribution is 7.92. The lowest BCUT2D eigenvalue weighted by Gasteiger charge is -2.08. The number of benzene rings is 2. The standard InChI is InChI=1S/C13H8F2N2O2S/c14-12-6-5-11(7-13(12)15)20(18,19)17-10-3-1-9(8-16)2-4-10/h1-7,17H. The normalized spacial score (nSPS) is 10.8. The summed E-state index contributed by atoms with van der Waals surface area (Å²) in [6.07, 6.45) is 0. The Morgan fingerprint density at radius 2 is 1.65 bits per heavy atom. The number of nitrogens with one attached hydrogen (secondary N) is 1. The van der Waals surface area contributed by atoms with Gasteiger partial charge < -0.3 is 0 Å². The Balaban J connectivity index is 2.30. The molecular weight excluding hydrogens is 286 g/mol. The largest absolute Gasteiger partial charge is 0.280 e. The quantitative estimate of drug-likeness (QED) is 0.946. The van der Waals surface area contributed by atoms with Gasteiger partial charge in [-0.1, -0.05) is 0 Å². The Kier molecular flexibility index (Phi) is 3.68. The van der Waals surface area contributed by atoms with Gasteiger partial charge in [0.05, 0.1) is 16.5 Å². The average Bonchev–Trinajstić information content (AvgIpc) is 2.42. The second-order valence-corrected chi connectivity index (χ2v) is 5.55. The molecule has 2 aromatic rings. The molecule has 0 fully saturated rings. The van der Waals surface area contributed by atoms with Crippen LogP contribution in [0.3, 0.4) is 0 Å². The molecule has 0 saturated carbocycles. The van der Waals surface area contributed by atoms with Crippen LogP contribution in [0.1, 0.15) is 5.56 Å². The summed E-state index contributed by atoms with van der Waals surface area (Å²) in [6, 6.07) is 9.86. The summed E-state index contributed by atoms with van der Waals surface area (Å²) in [5.74, 6) is -2.37. The molecule has 2 rings (SSSR count). The molecule has 0 spiro atoms. The topological polar surface area (TPSA) is 70.0 Å². The zero-order chi connectivity index (χ0) is 14.8. The van der Waals surface area contributed by atoms with Crippen LogP contribution in [0.15, 0.2) is 47.4 Å². The van der Waals surface area contributed by atoms with E-state index in [1.807, 2.05) is 6.07 Å². The van der Waals surface area contributed by atoms with E-state index >= 15 is 0 Å². The minimum atomic E-state index is -4.01. The highest BCUT2D eigenvalue weighted by Crippen LogP contribution is 2.18. The van der Waals surface area contributed by atoms with Crippen LogP contribution in [-0.4, -0.2) is 8.42 Å². The van der Waals surface area contributed by atoms with Crippen molar-refractivity contribution in [3.8, 4) is 6.07 Å². The molecule has 2 aromatic carbocycles. The van der Waals surface area contributed by atoms with Crippen molar-refractivity contribution >= 4 is 15.7 Å². The molecule has 1 N–H and O–H groups in total. The van der Waals surface area contributed by atoms with Crippen LogP contribution in [0.4, 0.5) is 14.5 Å². The number of halogens is 2. The smallest absolute Gasteiger partial charge is 0.261 e. The fourth-order valence-corrected chi connectivity index (χ4v) is 2.54. The minimum Gasteiger partial charge on any atom is -0.280 e. The van der Waals surface area contributed by atoms with E-state index in [0.717, 1.165) is 12.1 Å². The van der Waals surface area contributed by atoms with Crippen LogP contribution in [0, 0.1) is 23.0 Å². The van der Waals surface area contributed by atoms with Crippen LogP contribution < -0.4 is 4.72 Å². The fourth-order valence-electron chi connectivity index (χ4n) is 1.47. The highest BCUT2D eigenvalue weighted by atomic mass is 32.2. The predicted octanol–water partition coefficient (Wildman–Crippen LogP) is 2.64. The molecule has 0 radical (unpaired) electrons. The van der Waals surface area contributed by atoms with Crippen molar-refractivity contribution < 1.29 is 17.2 Å². The Labute approximate surface area is 114 Å². The van der Waals surface area contributed by atoms with E-state index < -0.39 is 21.7 Å². The van der Waals surface area contributed by atoms with E-state index in [1.54, 1.807) is 0 Å². The van der Waals surface area contributed by atoms with Crippen LogP contribution in [0.5, 0.6) is 0 Å². The Bertz CT molecular complexity index is 781. The molecule has 20 heavy (non-hydrogen) atoms. The maximum Gasteiger partial charge on any atom is 0.261 e. The Morgan fingerprint density at radius 3 is 2.20 bits per heavy atom. The molecule has 102 valence electrons. The third kappa shape index (κ3) is 2.92. The van der Waals surface area contributed by atoms with E-state index in [-0.39, 0.29) is 10.6 Å². The molecule has 0 aliphatic heterocycles. The van der Waals surface area contributed by atoms with Crippen molar-refractivity contribution in [2.45, 2.75) is 4.90 Å². The molecule has 0 atom stereocenters. The Morgan fingerprint density at radius 1 is 1.00 bits per heavy atom. The van der Waals surface area contributed by atoms with E-state index in [2.05, 4.69) is 4.72 Å².